The lowest BCUT2D eigenvalue weighted by Crippen LogP contribution is -2.02. The average molecular weight is 392 g/mol. The normalized spacial score (nSPS) is 13.8. The standard InChI is InChI=1S/C21H21FN6O/c1-3-13-9-18(25-19-10-16(27-28-19)12-4-5-12)26-21(24-13)29-17-7-6-15-14(20(17)22)8-11(2)23-15/h6-10,12,23H,3-5H2,1-2H3,(H2,24,25,26,27,28). The van der Waals surface area contributed by atoms with Gasteiger partial charge in [0.1, 0.15) is 5.82 Å². The van der Waals surface area contributed by atoms with E-state index >= 15 is 0 Å². The number of aromatic amines is 2. The summed E-state index contributed by atoms with van der Waals surface area (Å²) in [7, 11) is 0. The first-order valence-electron chi connectivity index (χ1n) is 9.75. The lowest BCUT2D eigenvalue weighted by Gasteiger charge is -2.09. The Morgan fingerprint density at radius 2 is 2.03 bits per heavy atom. The molecule has 0 bridgehead atoms. The van der Waals surface area contributed by atoms with E-state index in [1.165, 1.54) is 12.8 Å². The van der Waals surface area contributed by atoms with Crippen LogP contribution in [-0.2, 0) is 6.42 Å². The van der Waals surface area contributed by atoms with E-state index in [1.54, 1.807) is 18.2 Å². The minimum absolute atomic E-state index is 0.0893. The first kappa shape index (κ1) is 17.7. The Kier molecular flexibility index (Phi) is 4.19. The largest absolute Gasteiger partial charge is 0.421 e. The highest BCUT2D eigenvalue weighted by Crippen LogP contribution is 2.39. The fraction of sp³-hybridized carbons (Fsp3) is 0.286. The van der Waals surface area contributed by atoms with Crippen LogP contribution in [-0.4, -0.2) is 25.1 Å². The Morgan fingerprint density at radius 3 is 2.83 bits per heavy atom. The van der Waals surface area contributed by atoms with Gasteiger partial charge in [0.05, 0.1) is 0 Å². The molecule has 0 radical (unpaired) electrons. The average Bonchev–Trinajstić information content (AvgIpc) is 3.33. The molecule has 0 saturated heterocycles. The Morgan fingerprint density at radius 1 is 1.17 bits per heavy atom. The van der Waals surface area contributed by atoms with Crippen LogP contribution in [0.1, 0.15) is 42.8 Å². The second-order valence-electron chi connectivity index (χ2n) is 7.38. The summed E-state index contributed by atoms with van der Waals surface area (Å²) >= 11 is 0. The number of nitrogens with one attached hydrogen (secondary N) is 3. The molecule has 1 aromatic carbocycles. The lowest BCUT2D eigenvalue weighted by atomic mass is 10.2. The third-order valence-corrected chi connectivity index (χ3v) is 5.03. The van der Waals surface area contributed by atoms with Gasteiger partial charge in [-0.05, 0) is 44.4 Å². The Bertz CT molecular complexity index is 1190. The van der Waals surface area contributed by atoms with Crippen LogP contribution in [0.3, 0.4) is 0 Å². The van der Waals surface area contributed by atoms with Gasteiger partial charge in [0.25, 0.3) is 0 Å². The van der Waals surface area contributed by atoms with E-state index in [0.29, 0.717) is 29.4 Å². The highest BCUT2D eigenvalue weighted by atomic mass is 19.1. The van der Waals surface area contributed by atoms with Gasteiger partial charge < -0.3 is 15.0 Å². The molecule has 0 spiro atoms. The van der Waals surface area contributed by atoms with E-state index in [4.69, 9.17) is 4.74 Å². The van der Waals surface area contributed by atoms with Gasteiger partial charge in [0.15, 0.2) is 17.4 Å². The topological polar surface area (TPSA) is 91.5 Å². The molecule has 3 N–H and O–H groups in total. The quantitative estimate of drug-likeness (QED) is 0.424. The molecule has 148 valence electrons. The molecule has 0 amide bonds. The van der Waals surface area contributed by atoms with Crippen molar-refractivity contribution in [3.8, 4) is 11.8 Å². The van der Waals surface area contributed by atoms with Crippen molar-refractivity contribution < 1.29 is 9.13 Å². The second-order valence-corrected chi connectivity index (χ2v) is 7.38. The molecule has 3 aromatic heterocycles. The number of aryl methyl sites for hydroxylation is 2. The zero-order valence-corrected chi connectivity index (χ0v) is 16.2. The molecule has 3 heterocycles. The molecule has 29 heavy (non-hydrogen) atoms. The van der Waals surface area contributed by atoms with Crippen LogP contribution >= 0.6 is 0 Å². The van der Waals surface area contributed by atoms with E-state index in [0.717, 1.165) is 22.6 Å². The molecule has 1 aliphatic rings. The number of rotatable bonds is 6. The first-order chi connectivity index (χ1) is 14.1. The van der Waals surface area contributed by atoms with Crippen molar-refractivity contribution in [3.63, 3.8) is 0 Å². The lowest BCUT2D eigenvalue weighted by molar-refractivity contribution is 0.413. The summed E-state index contributed by atoms with van der Waals surface area (Å²) in [6.45, 7) is 3.88. The molecule has 0 unspecified atom stereocenters. The molecule has 1 fully saturated rings. The molecule has 4 aromatic rings. The predicted molar refractivity (Wildman–Crippen MR) is 108 cm³/mol. The van der Waals surface area contributed by atoms with Gasteiger partial charge in [-0.15, -0.1) is 0 Å². The number of ether oxygens (including phenoxy) is 1. The fourth-order valence-electron chi connectivity index (χ4n) is 3.36. The van der Waals surface area contributed by atoms with Gasteiger partial charge in [0.2, 0.25) is 0 Å². The van der Waals surface area contributed by atoms with Crippen molar-refractivity contribution in [1.29, 1.82) is 0 Å². The monoisotopic (exact) mass is 392 g/mol. The van der Waals surface area contributed by atoms with Crippen LogP contribution in [0.25, 0.3) is 10.9 Å². The molecule has 1 aliphatic carbocycles. The highest BCUT2D eigenvalue weighted by Gasteiger charge is 2.25. The predicted octanol–water partition coefficient (Wildman–Crippen LogP) is 5.10. The van der Waals surface area contributed by atoms with Crippen molar-refractivity contribution >= 4 is 22.5 Å². The van der Waals surface area contributed by atoms with Gasteiger partial charge >= 0.3 is 6.01 Å². The zero-order chi connectivity index (χ0) is 20.0. The van der Waals surface area contributed by atoms with Crippen molar-refractivity contribution in [2.24, 2.45) is 0 Å². The molecule has 8 heteroatoms. The van der Waals surface area contributed by atoms with E-state index in [9.17, 15) is 4.39 Å². The second kappa shape index (κ2) is 6.88. The van der Waals surface area contributed by atoms with Crippen LogP contribution in [0.15, 0.2) is 30.3 Å². The van der Waals surface area contributed by atoms with Crippen LogP contribution in [0, 0.1) is 12.7 Å². The number of aromatic nitrogens is 5. The van der Waals surface area contributed by atoms with E-state index in [-0.39, 0.29) is 11.8 Å². The Labute approximate surface area is 166 Å². The first-order valence-corrected chi connectivity index (χ1v) is 9.75. The van der Waals surface area contributed by atoms with Gasteiger partial charge in [-0.3, -0.25) is 5.10 Å². The SMILES string of the molecule is CCc1cc(Nc2cc(C3CC3)[nH]n2)nc(Oc2ccc3[nH]c(C)cc3c2F)n1. The summed E-state index contributed by atoms with van der Waals surface area (Å²) in [5.74, 6) is 1.48. The van der Waals surface area contributed by atoms with Crippen molar-refractivity contribution in [3.05, 3.63) is 53.2 Å². The van der Waals surface area contributed by atoms with Crippen molar-refractivity contribution in [1.82, 2.24) is 25.1 Å². The number of fused-ring (bicyclic) bond motifs is 1. The summed E-state index contributed by atoms with van der Waals surface area (Å²) in [5, 5.41) is 11.0. The summed E-state index contributed by atoms with van der Waals surface area (Å²) in [6.07, 6.45) is 3.09. The number of hydrogen-bond donors (Lipinski definition) is 3. The Balaban J connectivity index is 1.43. The summed E-state index contributed by atoms with van der Waals surface area (Å²) in [6, 6.07) is 9.05. The van der Waals surface area contributed by atoms with Crippen molar-refractivity contribution in [2.75, 3.05) is 5.32 Å². The minimum atomic E-state index is -0.437. The van der Waals surface area contributed by atoms with E-state index in [2.05, 4.69) is 30.5 Å². The highest BCUT2D eigenvalue weighted by molar-refractivity contribution is 5.82. The fourth-order valence-corrected chi connectivity index (χ4v) is 3.36. The molecular weight excluding hydrogens is 371 g/mol. The molecule has 0 aliphatic heterocycles. The number of benzene rings is 1. The number of hydrogen-bond acceptors (Lipinski definition) is 5. The number of H-pyrrole nitrogens is 2. The molecule has 0 atom stereocenters. The molecule has 5 rings (SSSR count). The molecular formula is C21H21FN6O. The number of halogens is 1. The van der Waals surface area contributed by atoms with Gasteiger partial charge in [-0.2, -0.15) is 15.1 Å². The summed E-state index contributed by atoms with van der Waals surface area (Å²) in [4.78, 5) is 11.9. The van der Waals surface area contributed by atoms with Crippen LogP contribution in [0.4, 0.5) is 16.0 Å². The summed E-state index contributed by atoms with van der Waals surface area (Å²) < 4.78 is 20.6. The number of anilines is 2. The maximum absolute atomic E-state index is 14.9. The smallest absolute Gasteiger partial charge is 0.324 e. The Hall–Kier alpha value is -3.42. The van der Waals surface area contributed by atoms with Gasteiger partial charge in [0, 0.05) is 46.0 Å². The summed E-state index contributed by atoms with van der Waals surface area (Å²) in [5.41, 5.74) is 3.53. The maximum Gasteiger partial charge on any atom is 0.324 e. The van der Waals surface area contributed by atoms with E-state index < -0.39 is 5.82 Å². The molecule has 1 saturated carbocycles. The maximum atomic E-state index is 14.9. The minimum Gasteiger partial charge on any atom is -0.421 e. The zero-order valence-electron chi connectivity index (χ0n) is 16.2. The number of nitrogens with zero attached hydrogens (tertiary/aromatic N) is 3. The molecule has 7 nitrogen and oxygen atoms in total. The third kappa shape index (κ3) is 3.53. The van der Waals surface area contributed by atoms with Crippen LogP contribution in [0.2, 0.25) is 0 Å². The van der Waals surface area contributed by atoms with E-state index in [1.807, 2.05) is 26.0 Å². The van der Waals surface area contributed by atoms with Crippen LogP contribution in [0.5, 0.6) is 11.8 Å². The van der Waals surface area contributed by atoms with Crippen LogP contribution < -0.4 is 10.1 Å². The van der Waals surface area contributed by atoms with Gasteiger partial charge in [-0.1, -0.05) is 6.92 Å². The third-order valence-electron chi connectivity index (χ3n) is 5.03. The van der Waals surface area contributed by atoms with Crippen molar-refractivity contribution in [2.45, 2.75) is 39.0 Å². The van der Waals surface area contributed by atoms with Gasteiger partial charge in [-0.25, -0.2) is 4.39 Å².